The Balaban J connectivity index is 2.84. The van der Waals surface area contributed by atoms with Crippen LogP contribution in [0.3, 0.4) is 0 Å². The number of nitrogens with zero attached hydrogens (tertiary/aromatic N) is 1. The SMILES string of the molecule is CC(C)[C@H](Sc1ncccc1Cl)C(=O)NC(N)=O. The maximum absolute atomic E-state index is 11.8. The van der Waals surface area contributed by atoms with Crippen molar-refractivity contribution in [3.05, 3.63) is 23.4 Å². The van der Waals surface area contributed by atoms with Gasteiger partial charge in [0.2, 0.25) is 5.91 Å². The Morgan fingerprint density at radius 1 is 1.50 bits per heavy atom. The van der Waals surface area contributed by atoms with E-state index in [-0.39, 0.29) is 5.92 Å². The molecule has 98 valence electrons. The number of carbonyl (C=O) groups is 2. The fourth-order valence-electron chi connectivity index (χ4n) is 1.26. The molecule has 0 aliphatic heterocycles. The first-order valence-electron chi connectivity index (χ1n) is 5.29. The number of nitrogens with two attached hydrogens (primary N) is 1. The van der Waals surface area contributed by atoms with Crippen molar-refractivity contribution >= 4 is 35.3 Å². The fraction of sp³-hybridized carbons (Fsp3) is 0.364. The Labute approximate surface area is 114 Å². The number of aromatic nitrogens is 1. The molecule has 7 heteroatoms. The lowest BCUT2D eigenvalue weighted by molar-refractivity contribution is -0.120. The van der Waals surface area contributed by atoms with E-state index < -0.39 is 17.2 Å². The van der Waals surface area contributed by atoms with Crippen molar-refractivity contribution in [2.75, 3.05) is 0 Å². The molecule has 0 fully saturated rings. The van der Waals surface area contributed by atoms with Crippen LogP contribution in [-0.4, -0.2) is 22.2 Å². The predicted octanol–water partition coefficient (Wildman–Crippen LogP) is 2.05. The number of nitrogens with one attached hydrogen (secondary N) is 1. The Morgan fingerprint density at radius 2 is 2.17 bits per heavy atom. The van der Waals surface area contributed by atoms with Gasteiger partial charge < -0.3 is 5.73 Å². The molecule has 0 aromatic carbocycles. The van der Waals surface area contributed by atoms with Gasteiger partial charge in [-0.3, -0.25) is 10.1 Å². The van der Waals surface area contributed by atoms with Gasteiger partial charge in [0.05, 0.1) is 10.3 Å². The summed E-state index contributed by atoms with van der Waals surface area (Å²) in [5.41, 5.74) is 4.93. The first kappa shape index (κ1) is 14.8. The predicted molar refractivity (Wildman–Crippen MR) is 71.5 cm³/mol. The van der Waals surface area contributed by atoms with E-state index in [0.717, 1.165) is 0 Å². The van der Waals surface area contributed by atoms with E-state index in [1.807, 2.05) is 13.8 Å². The monoisotopic (exact) mass is 287 g/mol. The number of pyridine rings is 1. The quantitative estimate of drug-likeness (QED) is 0.830. The van der Waals surface area contributed by atoms with E-state index in [1.165, 1.54) is 11.8 Å². The molecule has 1 heterocycles. The van der Waals surface area contributed by atoms with Gasteiger partial charge in [0.1, 0.15) is 5.03 Å². The van der Waals surface area contributed by atoms with Gasteiger partial charge in [-0.25, -0.2) is 9.78 Å². The molecule has 0 saturated heterocycles. The molecule has 18 heavy (non-hydrogen) atoms. The van der Waals surface area contributed by atoms with Crippen LogP contribution < -0.4 is 11.1 Å². The van der Waals surface area contributed by atoms with Crippen LogP contribution in [0.1, 0.15) is 13.8 Å². The number of amides is 3. The number of imide groups is 1. The maximum Gasteiger partial charge on any atom is 0.318 e. The highest BCUT2D eigenvalue weighted by Gasteiger charge is 2.25. The van der Waals surface area contributed by atoms with Crippen molar-refractivity contribution in [1.82, 2.24) is 10.3 Å². The molecule has 0 spiro atoms. The number of halogens is 1. The van der Waals surface area contributed by atoms with E-state index in [9.17, 15) is 9.59 Å². The van der Waals surface area contributed by atoms with E-state index in [0.29, 0.717) is 10.0 Å². The van der Waals surface area contributed by atoms with Crippen molar-refractivity contribution in [2.45, 2.75) is 24.1 Å². The molecule has 0 aliphatic rings. The van der Waals surface area contributed by atoms with Gasteiger partial charge in [0.25, 0.3) is 0 Å². The van der Waals surface area contributed by atoms with E-state index in [2.05, 4.69) is 10.3 Å². The molecule has 1 rings (SSSR count). The van der Waals surface area contributed by atoms with Crippen LogP contribution in [-0.2, 0) is 4.79 Å². The summed E-state index contributed by atoms with van der Waals surface area (Å²) in [7, 11) is 0. The number of thioether (sulfide) groups is 1. The average Bonchev–Trinajstić information content (AvgIpc) is 2.26. The van der Waals surface area contributed by atoms with Gasteiger partial charge in [0.15, 0.2) is 0 Å². The van der Waals surface area contributed by atoms with Crippen LogP contribution in [0.2, 0.25) is 5.02 Å². The molecular weight excluding hydrogens is 274 g/mol. The molecule has 0 unspecified atom stereocenters. The molecule has 0 radical (unpaired) electrons. The van der Waals surface area contributed by atoms with Crippen LogP contribution in [0.15, 0.2) is 23.4 Å². The Morgan fingerprint density at radius 3 is 2.67 bits per heavy atom. The molecule has 5 nitrogen and oxygen atoms in total. The smallest absolute Gasteiger partial charge is 0.318 e. The zero-order valence-electron chi connectivity index (χ0n) is 10.0. The summed E-state index contributed by atoms with van der Waals surface area (Å²) < 4.78 is 0. The third-order valence-electron chi connectivity index (χ3n) is 2.07. The number of urea groups is 1. The second-order valence-corrected chi connectivity index (χ2v) is 5.46. The number of rotatable bonds is 4. The number of primary amides is 1. The van der Waals surface area contributed by atoms with Crippen LogP contribution in [0.5, 0.6) is 0 Å². The summed E-state index contributed by atoms with van der Waals surface area (Å²) in [5, 5.41) is 2.62. The fourth-order valence-corrected chi connectivity index (χ4v) is 2.50. The molecule has 1 aromatic rings. The van der Waals surface area contributed by atoms with E-state index >= 15 is 0 Å². The van der Waals surface area contributed by atoms with Gasteiger partial charge >= 0.3 is 6.03 Å². The van der Waals surface area contributed by atoms with Gasteiger partial charge in [0, 0.05) is 6.20 Å². The molecular formula is C11H14ClN3O2S. The van der Waals surface area contributed by atoms with Crippen molar-refractivity contribution in [3.63, 3.8) is 0 Å². The molecule has 0 saturated carbocycles. The van der Waals surface area contributed by atoms with Crippen LogP contribution >= 0.6 is 23.4 Å². The van der Waals surface area contributed by atoms with Crippen LogP contribution in [0.4, 0.5) is 4.79 Å². The van der Waals surface area contributed by atoms with Crippen LogP contribution in [0.25, 0.3) is 0 Å². The minimum absolute atomic E-state index is 0.00687. The average molecular weight is 288 g/mol. The second kappa shape index (κ2) is 6.61. The van der Waals surface area contributed by atoms with Crippen molar-refractivity contribution in [3.8, 4) is 0 Å². The summed E-state index contributed by atoms with van der Waals surface area (Å²) in [4.78, 5) is 26.6. The molecule has 3 amide bonds. The maximum atomic E-state index is 11.8. The largest absolute Gasteiger partial charge is 0.351 e. The number of hydrogen-bond acceptors (Lipinski definition) is 4. The lowest BCUT2D eigenvalue weighted by Gasteiger charge is -2.18. The summed E-state index contributed by atoms with van der Waals surface area (Å²) in [6.45, 7) is 3.74. The Kier molecular flexibility index (Phi) is 5.43. The first-order valence-corrected chi connectivity index (χ1v) is 6.55. The van der Waals surface area contributed by atoms with Gasteiger partial charge in [-0.2, -0.15) is 0 Å². The minimum atomic E-state index is -0.863. The molecule has 1 atom stereocenters. The van der Waals surface area contributed by atoms with Gasteiger partial charge in [-0.05, 0) is 18.1 Å². The highest BCUT2D eigenvalue weighted by Crippen LogP contribution is 2.31. The van der Waals surface area contributed by atoms with E-state index in [1.54, 1.807) is 18.3 Å². The molecule has 0 bridgehead atoms. The highest BCUT2D eigenvalue weighted by molar-refractivity contribution is 8.00. The van der Waals surface area contributed by atoms with Crippen LogP contribution in [0, 0.1) is 5.92 Å². The third-order valence-corrected chi connectivity index (χ3v) is 4.05. The minimum Gasteiger partial charge on any atom is -0.351 e. The lowest BCUT2D eigenvalue weighted by Crippen LogP contribution is -2.42. The van der Waals surface area contributed by atoms with Crippen molar-refractivity contribution in [1.29, 1.82) is 0 Å². The second-order valence-electron chi connectivity index (χ2n) is 3.93. The molecule has 3 N–H and O–H groups in total. The molecule has 0 aliphatic carbocycles. The first-order chi connectivity index (χ1) is 8.41. The van der Waals surface area contributed by atoms with Crippen molar-refractivity contribution in [2.24, 2.45) is 11.7 Å². The summed E-state index contributed by atoms with van der Waals surface area (Å²) in [6.07, 6.45) is 1.59. The summed E-state index contributed by atoms with van der Waals surface area (Å²) in [6, 6.07) is 2.54. The van der Waals surface area contributed by atoms with Gasteiger partial charge in [-0.15, -0.1) is 0 Å². The topological polar surface area (TPSA) is 85.1 Å². The Bertz CT molecular complexity index is 454. The standard InChI is InChI=1S/C11H14ClN3O2S/c1-6(2)8(9(16)15-11(13)17)18-10-7(12)4-3-5-14-10/h3-6,8H,1-2H3,(H3,13,15,16,17)/t8-/m0/s1. The summed E-state index contributed by atoms with van der Waals surface area (Å²) >= 11 is 7.19. The normalized spacial score (nSPS) is 12.2. The number of carbonyl (C=O) groups excluding carboxylic acids is 2. The molecule has 1 aromatic heterocycles. The Hall–Kier alpha value is -1.27. The highest BCUT2D eigenvalue weighted by atomic mass is 35.5. The van der Waals surface area contributed by atoms with Crippen molar-refractivity contribution < 1.29 is 9.59 Å². The van der Waals surface area contributed by atoms with E-state index in [4.69, 9.17) is 17.3 Å². The summed E-state index contributed by atoms with van der Waals surface area (Å²) in [5.74, 6) is -0.434. The number of hydrogen-bond donors (Lipinski definition) is 2. The third kappa shape index (κ3) is 4.19. The zero-order chi connectivity index (χ0) is 13.7. The zero-order valence-corrected chi connectivity index (χ0v) is 11.6. The van der Waals surface area contributed by atoms with Gasteiger partial charge in [-0.1, -0.05) is 37.2 Å². The lowest BCUT2D eigenvalue weighted by atomic mass is 10.1.